The van der Waals surface area contributed by atoms with Crippen LogP contribution in [0, 0.1) is 0 Å². The number of allylic oxidation sites excluding steroid dienone is 2. The minimum Gasteiger partial charge on any atom is -0.334 e. The van der Waals surface area contributed by atoms with Crippen molar-refractivity contribution in [1.29, 1.82) is 0 Å². The Morgan fingerprint density at radius 1 is 0.759 bits per heavy atom. The van der Waals surface area contributed by atoms with E-state index in [1.54, 1.807) is 0 Å². The van der Waals surface area contributed by atoms with Gasteiger partial charge in [-0.3, -0.25) is 0 Å². The number of rotatable bonds is 6. The van der Waals surface area contributed by atoms with E-state index >= 15 is 0 Å². The predicted molar refractivity (Wildman–Crippen MR) is 130 cm³/mol. The van der Waals surface area contributed by atoms with E-state index in [1.165, 1.54) is 27.8 Å². The third kappa shape index (κ3) is 4.86. The summed E-state index contributed by atoms with van der Waals surface area (Å²) in [5, 5.41) is 1.49. The fourth-order valence-corrected chi connectivity index (χ4v) is 4.90. The first-order valence-corrected chi connectivity index (χ1v) is 11.4. The largest absolute Gasteiger partial charge is 0.334 e. The van der Waals surface area contributed by atoms with E-state index in [4.69, 9.17) is 0 Å². The number of hydrogen-bond acceptors (Lipinski definition) is 1. The SMILES string of the molecule is CC(C)PC1=CCC(N(c2ccccc2)c2ccc(-c3ccccc3)cc2)C=C1. The molecule has 0 saturated heterocycles. The number of para-hydroxylation sites is 1. The van der Waals surface area contributed by atoms with Gasteiger partial charge in [-0.1, -0.05) is 101 Å². The van der Waals surface area contributed by atoms with Gasteiger partial charge in [0.1, 0.15) is 0 Å². The molecule has 0 fully saturated rings. The van der Waals surface area contributed by atoms with Crippen LogP contribution in [-0.4, -0.2) is 11.7 Å². The number of nitrogens with zero attached hydrogens (tertiary/aromatic N) is 1. The van der Waals surface area contributed by atoms with Gasteiger partial charge in [-0.25, -0.2) is 0 Å². The van der Waals surface area contributed by atoms with E-state index in [0.717, 1.165) is 20.7 Å². The van der Waals surface area contributed by atoms with E-state index in [-0.39, 0.29) is 0 Å². The van der Waals surface area contributed by atoms with Gasteiger partial charge in [0.2, 0.25) is 0 Å². The first-order valence-electron chi connectivity index (χ1n) is 10.4. The van der Waals surface area contributed by atoms with Crippen LogP contribution in [0.2, 0.25) is 0 Å². The molecule has 2 atom stereocenters. The first kappa shape index (κ1) is 19.7. The standard InChI is InChI=1S/C27H28NP/c1-21(2)29-27-19-17-26(18-20-27)28(24-11-7-4-8-12-24)25-15-13-23(14-16-25)22-9-5-3-6-10-22/h3-17,19-21,26,29H,18H2,1-2H3. The molecular formula is C27H28NP. The molecule has 3 aromatic carbocycles. The Kier molecular flexibility index (Phi) is 6.27. The summed E-state index contributed by atoms with van der Waals surface area (Å²) in [6, 6.07) is 30.6. The third-order valence-corrected chi connectivity index (χ3v) is 6.43. The van der Waals surface area contributed by atoms with Gasteiger partial charge in [0, 0.05) is 11.4 Å². The molecule has 3 aromatic rings. The highest BCUT2D eigenvalue weighted by molar-refractivity contribution is 7.44. The average Bonchev–Trinajstić information content (AvgIpc) is 2.77. The topological polar surface area (TPSA) is 3.24 Å². The van der Waals surface area contributed by atoms with Crippen molar-refractivity contribution in [3.05, 3.63) is 108 Å². The minimum atomic E-state index is 0.334. The highest BCUT2D eigenvalue weighted by Crippen LogP contribution is 2.37. The molecule has 0 aliphatic heterocycles. The fourth-order valence-electron chi connectivity index (χ4n) is 3.81. The molecular weight excluding hydrogens is 369 g/mol. The molecule has 0 spiro atoms. The van der Waals surface area contributed by atoms with Crippen molar-refractivity contribution in [3.8, 4) is 11.1 Å². The van der Waals surface area contributed by atoms with E-state index in [0.29, 0.717) is 6.04 Å². The maximum atomic E-state index is 2.46. The summed E-state index contributed by atoms with van der Waals surface area (Å²) in [5.41, 5.74) is 5.69. The molecule has 0 saturated carbocycles. The van der Waals surface area contributed by atoms with Crippen molar-refractivity contribution in [2.24, 2.45) is 0 Å². The van der Waals surface area contributed by atoms with Crippen molar-refractivity contribution >= 4 is 20.0 Å². The molecule has 1 aliphatic rings. The maximum absolute atomic E-state index is 2.46. The molecule has 0 amide bonds. The Morgan fingerprint density at radius 2 is 1.34 bits per heavy atom. The summed E-state index contributed by atoms with van der Waals surface area (Å²) < 4.78 is 0. The number of anilines is 2. The Morgan fingerprint density at radius 3 is 1.93 bits per heavy atom. The highest BCUT2D eigenvalue weighted by Gasteiger charge is 2.20. The van der Waals surface area contributed by atoms with Gasteiger partial charge >= 0.3 is 0 Å². The Hall–Kier alpha value is -2.63. The average molecular weight is 398 g/mol. The molecule has 0 heterocycles. The normalized spacial score (nSPS) is 16.4. The van der Waals surface area contributed by atoms with Crippen LogP contribution in [-0.2, 0) is 0 Å². The fraction of sp³-hybridized carbons (Fsp3) is 0.185. The van der Waals surface area contributed by atoms with Crippen molar-refractivity contribution in [2.45, 2.75) is 32.0 Å². The van der Waals surface area contributed by atoms with E-state index in [1.807, 2.05) is 0 Å². The van der Waals surface area contributed by atoms with Crippen molar-refractivity contribution in [2.75, 3.05) is 4.90 Å². The maximum Gasteiger partial charge on any atom is 0.0560 e. The third-order valence-electron chi connectivity index (χ3n) is 5.15. The summed E-state index contributed by atoms with van der Waals surface area (Å²) in [5.74, 6) is 0. The smallest absolute Gasteiger partial charge is 0.0560 e. The first-order chi connectivity index (χ1) is 14.2. The molecule has 146 valence electrons. The van der Waals surface area contributed by atoms with Crippen LogP contribution in [0.15, 0.2) is 108 Å². The van der Waals surface area contributed by atoms with Gasteiger partial charge in [-0.05, 0) is 52.8 Å². The van der Waals surface area contributed by atoms with Crippen molar-refractivity contribution in [3.63, 3.8) is 0 Å². The van der Waals surface area contributed by atoms with Gasteiger partial charge in [-0.2, -0.15) is 0 Å². The molecule has 1 nitrogen and oxygen atoms in total. The minimum absolute atomic E-state index is 0.334. The lowest BCUT2D eigenvalue weighted by molar-refractivity contribution is 0.783. The molecule has 0 bridgehead atoms. The molecule has 29 heavy (non-hydrogen) atoms. The lowest BCUT2D eigenvalue weighted by atomic mass is 10.0. The lowest BCUT2D eigenvalue weighted by Crippen LogP contribution is -2.30. The van der Waals surface area contributed by atoms with Crippen LogP contribution in [0.25, 0.3) is 11.1 Å². The second-order valence-electron chi connectivity index (χ2n) is 7.74. The highest BCUT2D eigenvalue weighted by atomic mass is 31.1. The Bertz CT molecular complexity index is 972. The lowest BCUT2D eigenvalue weighted by Gasteiger charge is -2.33. The van der Waals surface area contributed by atoms with Crippen LogP contribution in [0.4, 0.5) is 11.4 Å². The quantitative estimate of drug-likeness (QED) is 0.384. The van der Waals surface area contributed by atoms with Gasteiger partial charge in [0.25, 0.3) is 0 Å². The monoisotopic (exact) mass is 397 g/mol. The van der Waals surface area contributed by atoms with E-state index < -0.39 is 0 Å². The van der Waals surface area contributed by atoms with E-state index in [2.05, 4.69) is 122 Å². The second-order valence-corrected chi connectivity index (χ2v) is 9.76. The Balaban J connectivity index is 1.62. The van der Waals surface area contributed by atoms with Gasteiger partial charge in [-0.15, -0.1) is 0 Å². The van der Waals surface area contributed by atoms with Crippen LogP contribution in [0.3, 0.4) is 0 Å². The molecule has 1 aliphatic carbocycles. The van der Waals surface area contributed by atoms with Gasteiger partial charge in [0.05, 0.1) is 6.04 Å². The number of hydrogen-bond donors (Lipinski definition) is 0. The van der Waals surface area contributed by atoms with Gasteiger partial charge in [0.15, 0.2) is 0 Å². The summed E-state index contributed by atoms with van der Waals surface area (Å²) in [4.78, 5) is 2.46. The molecule has 4 rings (SSSR count). The predicted octanol–water partition coefficient (Wildman–Crippen LogP) is 7.79. The summed E-state index contributed by atoms with van der Waals surface area (Å²) in [7, 11) is 0.892. The molecule has 2 unspecified atom stereocenters. The number of benzene rings is 3. The molecule has 2 heteroatoms. The molecule has 0 N–H and O–H groups in total. The summed E-state index contributed by atoms with van der Waals surface area (Å²) in [6.45, 7) is 4.59. The van der Waals surface area contributed by atoms with E-state index in [9.17, 15) is 0 Å². The zero-order valence-electron chi connectivity index (χ0n) is 17.1. The zero-order chi connectivity index (χ0) is 20.1. The van der Waals surface area contributed by atoms with Crippen LogP contribution in [0.5, 0.6) is 0 Å². The van der Waals surface area contributed by atoms with Crippen molar-refractivity contribution < 1.29 is 0 Å². The second kappa shape index (κ2) is 9.25. The summed E-state index contributed by atoms with van der Waals surface area (Å²) in [6.07, 6.45) is 8.18. The molecule has 0 aromatic heterocycles. The molecule has 0 radical (unpaired) electrons. The van der Waals surface area contributed by atoms with Crippen LogP contribution >= 0.6 is 8.58 Å². The van der Waals surface area contributed by atoms with Crippen LogP contribution < -0.4 is 4.90 Å². The van der Waals surface area contributed by atoms with Crippen molar-refractivity contribution in [1.82, 2.24) is 0 Å². The Labute approximate surface area is 176 Å². The van der Waals surface area contributed by atoms with Gasteiger partial charge < -0.3 is 4.90 Å². The summed E-state index contributed by atoms with van der Waals surface area (Å²) >= 11 is 0. The van der Waals surface area contributed by atoms with Crippen LogP contribution in [0.1, 0.15) is 20.3 Å². The zero-order valence-corrected chi connectivity index (χ0v) is 18.1.